The molecule has 2 nitrogen and oxygen atoms in total. The lowest BCUT2D eigenvalue weighted by Gasteiger charge is -2.10. The maximum Gasteiger partial charge on any atom is 0.303 e. The fraction of sp³-hybridized carbons (Fsp3) is 0.0455. The average Bonchev–Trinajstić information content (AvgIpc) is 2.62. The minimum Gasteiger partial charge on any atom is -0.361 e. The fourth-order valence-electron chi connectivity index (χ4n) is 3.65. The van der Waals surface area contributed by atoms with Crippen molar-refractivity contribution >= 4 is 44.1 Å². The van der Waals surface area contributed by atoms with Crippen LogP contribution in [0.1, 0.15) is 17.5 Å². The van der Waals surface area contributed by atoms with Crippen molar-refractivity contribution in [2.75, 3.05) is 0 Å². The zero-order valence-corrected chi connectivity index (χ0v) is 13.0. The molecular formula is C22H14N2. The van der Waals surface area contributed by atoms with Gasteiger partial charge in [-0.15, -0.1) is 0 Å². The molecule has 1 aliphatic carbocycles. The first kappa shape index (κ1) is 13.2. The van der Waals surface area contributed by atoms with Crippen LogP contribution < -0.4 is 0 Å². The highest BCUT2D eigenvalue weighted by molar-refractivity contribution is 6.10. The third kappa shape index (κ3) is 1.91. The van der Waals surface area contributed by atoms with E-state index in [0.717, 1.165) is 16.8 Å². The quantitative estimate of drug-likeness (QED) is 0.231. The van der Waals surface area contributed by atoms with Gasteiger partial charge in [0, 0.05) is 0 Å². The molecule has 0 fully saturated rings. The SMILES string of the molecule is [N-]=[N+]=C1CC=Cc2cc3cc4cc5ccccc5cc4cc3cc21. The highest BCUT2D eigenvalue weighted by Gasteiger charge is 2.18. The van der Waals surface area contributed by atoms with Crippen LogP contribution in [0.15, 0.2) is 66.7 Å². The Morgan fingerprint density at radius 2 is 1.29 bits per heavy atom. The summed E-state index contributed by atoms with van der Waals surface area (Å²) in [5.41, 5.74) is 12.1. The van der Waals surface area contributed by atoms with Crippen molar-refractivity contribution in [3.05, 3.63) is 83.4 Å². The number of nitrogens with zero attached hydrogens (tertiary/aromatic N) is 2. The van der Waals surface area contributed by atoms with E-state index >= 15 is 0 Å². The van der Waals surface area contributed by atoms with Crippen LogP contribution in [0, 0.1) is 0 Å². The second-order valence-electron chi connectivity index (χ2n) is 6.34. The van der Waals surface area contributed by atoms with E-state index in [4.69, 9.17) is 0 Å². The van der Waals surface area contributed by atoms with Gasteiger partial charge in [-0.25, -0.2) is 0 Å². The van der Waals surface area contributed by atoms with Crippen molar-refractivity contribution in [1.29, 1.82) is 0 Å². The Kier molecular flexibility index (Phi) is 2.70. The van der Waals surface area contributed by atoms with Crippen molar-refractivity contribution in [3.63, 3.8) is 0 Å². The molecule has 0 aliphatic heterocycles. The summed E-state index contributed by atoms with van der Waals surface area (Å²) in [5.74, 6) is 0. The number of hydrogen-bond acceptors (Lipinski definition) is 0. The van der Waals surface area contributed by atoms with Crippen molar-refractivity contribution in [3.8, 4) is 0 Å². The molecule has 0 radical (unpaired) electrons. The minimum atomic E-state index is 0.674. The third-order valence-electron chi connectivity index (χ3n) is 4.87. The minimum absolute atomic E-state index is 0.674. The zero-order valence-electron chi connectivity index (χ0n) is 13.0. The fourth-order valence-corrected chi connectivity index (χ4v) is 3.65. The molecule has 0 saturated heterocycles. The van der Waals surface area contributed by atoms with E-state index < -0.39 is 0 Å². The van der Waals surface area contributed by atoms with Crippen molar-refractivity contribution in [2.24, 2.45) is 0 Å². The number of benzene rings is 4. The first-order valence-electron chi connectivity index (χ1n) is 8.10. The van der Waals surface area contributed by atoms with Crippen LogP contribution in [0.25, 0.3) is 43.9 Å². The van der Waals surface area contributed by atoms with Gasteiger partial charge in [-0.3, -0.25) is 0 Å². The molecule has 112 valence electrons. The molecule has 0 atom stereocenters. The second kappa shape index (κ2) is 4.89. The van der Waals surface area contributed by atoms with Crippen molar-refractivity contribution < 1.29 is 4.79 Å². The summed E-state index contributed by atoms with van der Waals surface area (Å²) in [4.78, 5) is 3.46. The average molecular weight is 306 g/mol. The van der Waals surface area contributed by atoms with Crippen LogP contribution in [0.4, 0.5) is 0 Å². The lowest BCUT2D eigenvalue weighted by Crippen LogP contribution is -2.06. The van der Waals surface area contributed by atoms with Crippen molar-refractivity contribution in [1.82, 2.24) is 0 Å². The zero-order chi connectivity index (χ0) is 16.1. The molecule has 0 saturated carbocycles. The highest BCUT2D eigenvalue weighted by atomic mass is 14.9. The normalized spacial score (nSPS) is 13.4. The van der Waals surface area contributed by atoms with E-state index in [0.29, 0.717) is 6.42 Å². The predicted molar refractivity (Wildman–Crippen MR) is 100 cm³/mol. The van der Waals surface area contributed by atoms with Gasteiger partial charge < -0.3 is 5.53 Å². The molecule has 5 rings (SSSR count). The van der Waals surface area contributed by atoms with Gasteiger partial charge in [-0.2, -0.15) is 4.79 Å². The topological polar surface area (TPSA) is 36.4 Å². The van der Waals surface area contributed by atoms with Gasteiger partial charge in [0.1, 0.15) is 0 Å². The lowest BCUT2D eigenvalue weighted by atomic mass is 9.91. The van der Waals surface area contributed by atoms with Crippen LogP contribution in [0.5, 0.6) is 0 Å². The molecule has 0 bridgehead atoms. The molecule has 0 spiro atoms. The van der Waals surface area contributed by atoms with E-state index in [1.807, 2.05) is 6.08 Å². The summed E-state index contributed by atoms with van der Waals surface area (Å²) in [7, 11) is 0. The van der Waals surface area contributed by atoms with E-state index in [-0.39, 0.29) is 0 Å². The van der Waals surface area contributed by atoms with Gasteiger partial charge in [0.25, 0.3) is 0 Å². The molecule has 0 aromatic heterocycles. The Hall–Kier alpha value is -3.22. The molecule has 4 aromatic rings. The first-order valence-corrected chi connectivity index (χ1v) is 8.10. The molecular weight excluding hydrogens is 292 g/mol. The first-order chi connectivity index (χ1) is 11.8. The Balaban J connectivity index is 1.87. The molecule has 2 heteroatoms. The second-order valence-corrected chi connectivity index (χ2v) is 6.34. The lowest BCUT2D eigenvalue weighted by molar-refractivity contribution is -0.00605. The van der Waals surface area contributed by atoms with E-state index in [2.05, 4.69) is 71.5 Å². The monoisotopic (exact) mass is 306 g/mol. The largest absolute Gasteiger partial charge is 0.361 e. The number of rotatable bonds is 0. The molecule has 0 N–H and O–H groups in total. The molecule has 0 heterocycles. The Morgan fingerprint density at radius 1 is 0.708 bits per heavy atom. The molecule has 0 amide bonds. The van der Waals surface area contributed by atoms with Crippen LogP contribution in [-0.2, 0) is 0 Å². The third-order valence-corrected chi connectivity index (χ3v) is 4.87. The molecule has 1 aliphatic rings. The number of allylic oxidation sites excluding steroid dienone is 1. The Bertz CT molecular complexity index is 1230. The summed E-state index contributed by atoms with van der Waals surface area (Å²) < 4.78 is 0. The maximum absolute atomic E-state index is 9.25. The van der Waals surface area contributed by atoms with Crippen LogP contribution >= 0.6 is 0 Å². The van der Waals surface area contributed by atoms with Gasteiger partial charge >= 0.3 is 5.71 Å². The summed E-state index contributed by atoms with van der Waals surface area (Å²) in [5, 5.41) is 7.38. The van der Waals surface area contributed by atoms with Crippen LogP contribution in [0.2, 0.25) is 0 Å². The Morgan fingerprint density at radius 3 is 1.96 bits per heavy atom. The summed E-state index contributed by atoms with van der Waals surface area (Å²) in [6.07, 6.45) is 4.82. The summed E-state index contributed by atoms with van der Waals surface area (Å²) >= 11 is 0. The van der Waals surface area contributed by atoms with Gasteiger partial charge in [-0.05, 0) is 74.3 Å². The molecule has 24 heavy (non-hydrogen) atoms. The molecule has 0 unspecified atom stereocenters. The van der Waals surface area contributed by atoms with Gasteiger partial charge in [0.05, 0.1) is 12.0 Å². The smallest absolute Gasteiger partial charge is 0.303 e. The summed E-state index contributed by atoms with van der Waals surface area (Å²) in [6, 6.07) is 21.7. The van der Waals surface area contributed by atoms with Gasteiger partial charge in [0.15, 0.2) is 0 Å². The van der Waals surface area contributed by atoms with Gasteiger partial charge in [0.2, 0.25) is 0 Å². The van der Waals surface area contributed by atoms with Crippen molar-refractivity contribution in [2.45, 2.75) is 6.42 Å². The van der Waals surface area contributed by atoms with Crippen LogP contribution in [0.3, 0.4) is 0 Å². The number of hydrogen-bond donors (Lipinski definition) is 0. The van der Waals surface area contributed by atoms with Gasteiger partial charge in [-0.1, -0.05) is 36.4 Å². The van der Waals surface area contributed by atoms with Crippen LogP contribution in [-0.4, -0.2) is 10.5 Å². The maximum atomic E-state index is 9.25. The highest BCUT2D eigenvalue weighted by Crippen LogP contribution is 2.31. The standard InChI is InChI=1S/C22H14N2/c23-24-22-7-3-6-16-10-19-11-17-8-14-4-1-2-5-15(14)9-18(17)12-20(19)13-21(16)22/h1-6,8-13H,7H2. The summed E-state index contributed by atoms with van der Waals surface area (Å²) in [6.45, 7) is 0. The number of fused-ring (bicyclic) bond motifs is 4. The predicted octanol–water partition coefficient (Wildman–Crippen LogP) is 5.58. The molecule has 4 aromatic carbocycles. The Labute approximate surface area is 139 Å². The van der Waals surface area contributed by atoms with E-state index in [9.17, 15) is 5.53 Å². The van der Waals surface area contributed by atoms with E-state index in [1.165, 1.54) is 32.3 Å². The van der Waals surface area contributed by atoms with E-state index in [1.54, 1.807) is 0 Å².